The smallest absolute Gasteiger partial charge is 0.0438 e. The van der Waals surface area contributed by atoms with Gasteiger partial charge in [0.25, 0.3) is 0 Å². The van der Waals surface area contributed by atoms with E-state index < -0.39 is 0 Å². The third kappa shape index (κ3) is 6.98. The second kappa shape index (κ2) is 10.3. The lowest BCUT2D eigenvalue weighted by Crippen LogP contribution is -2.21. The summed E-state index contributed by atoms with van der Waals surface area (Å²) in [5, 5.41) is 4.23. The molecule has 0 saturated carbocycles. The lowest BCUT2D eigenvalue weighted by atomic mass is 9.93. The molecule has 1 aromatic rings. The van der Waals surface area contributed by atoms with Crippen molar-refractivity contribution in [2.45, 2.75) is 51.9 Å². The molecule has 1 atom stereocenters. The van der Waals surface area contributed by atoms with Gasteiger partial charge in [-0.2, -0.15) is 0 Å². The number of benzene rings is 1. The summed E-state index contributed by atoms with van der Waals surface area (Å²) in [5.41, 5.74) is 1.29. The van der Waals surface area contributed by atoms with E-state index in [1.807, 2.05) is 19.2 Å². The maximum absolute atomic E-state index is 6.25. The zero-order chi connectivity index (χ0) is 13.9. The van der Waals surface area contributed by atoms with Gasteiger partial charge in [-0.3, -0.25) is 0 Å². The largest absolute Gasteiger partial charge is 0.319 e. The van der Waals surface area contributed by atoms with Gasteiger partial charge in [0, 0.05) is 5.02 Å². The molecule has 0 aliphatic heterocycles. The summed E-state index contributed by atoms with van der Waals surface area (Å²) < 4.78 is 0. The first-order valence-electron chi connectivity index (χ1n) is 7.66. The van der Waals surface area contributed by atoms with E-state index in [-0.39, 0.29) is 0 Å². The summed E-state index contributed by atoms with van der Waals surface area (Å²) in [6.07, 6.45) is 9.19. The van der Waals surface area contributed by atoms with Gasteiger partial charge in [0.2, 0.25) is 0 Å². The van der Waals surface area contributed by atoms with Crippen molar-refractivity contribution in [1.82, 2.24) is 5.32 Å². The van der Waals surface area contributed by atoms with Crippen molar-refractivity contribution in [1.29, 1.82) is 0 Å². The van der Waals surface area contributed by atoms with Crippen LogP contribution >= 0.6 is 11.6 Å². The highest BCUT2D eigenvalue weighted by Crippen LogP contribution is 2.21. The Morgan fingerprint density at radius 3 is 2.53 bits per heavy atom. The lowest BCUT2D eigenvalue weighted by molar-refractivity contribution is 0.433. The normalized spacial score (nSPS) is 12.6. The summed E-state index contributed by atoms with van der Waals surface area (Å²) in [7, 11) is 2.04. The highest BCUT2D eigenvalue weighted by Gasteiger charge is 2.10. The van der Waals surface area contributed by atoms with Gasteiger partial charge in [-0.05, 0) is 44.0 Å². The van der Waals surface area contributed by atoms with Crippen molar-refractivity contribution < 1.29 is 0 Å². The van der Waals surface area contributed by atoms with Crippen molar-refractivity contribution in [2.24, 2.45) is 5.92 Å². The molecule has 0 aliphatic carbocycles. The van der Waals surface area contributed by atoms with Crippen molar-refractivity contribution in [3.8, 4) is 0 Å². The average Bonchev–Trinajstić information content (AvgIpc) is 2.41. The van der Waals surface area contributed by atoms with Crippen molar-refractivity contribution >= 4 is 11.6 Å². The lowest BCUT2D eigenvalue weighted by Gasteiger charge is -2.17. The second-order valence-corrected chi connectivity index (χ2v) is 5.83. The summed E-state index contributed by atoms with van der Waals surface area (Å²) in [4.78, 5) is 0. The van der Waals surface area contributed by atoms with Crippen molar-refractivity contribution in [3.63, 3.8) is 0 Å². The third-order valence-electron chi connectivity index (χ3n) is 3.68. The first-order chi connectivity index (χ1) is 9.27. The third-order valence-corrected chi connectivity index (χ3v) is 4.04. The Balaban J connectivity index is 2.37. The highest BCUT2D eigenvalue weighted by atomic mass is 35.5. The Bertz CT molecular complexity index is 338. The molecule has 0 spiro atoms. The molecule has 0 heterocycles. The Labute approximate surface area is 123 Å². The topological polar surface area (TPSA) is 12.0 Å². The van der Waals surface area contributed by atoms with Crippen molar-refractivity contribution in [3.05, 3.63) is 34.9 Å². The average molecular weight is 282 g/mol. The van der Waals surface area contributed by atoms with Gasteiger partial charge < -0.3 is 5.32 Å². The van der Waals surface area contributed by atoms with E-state index in [2.05, 4.69) is 24.4 Å². The molecular weight excluding hydrogens is 254 g/mol. The number of hydrogen-bond acceptors (Lipinski definition) is 1. The number of nitrogens with one attached hydrogen (secondary N) is 1. The fraction of sp³-hybridized carbons (Fsp3) is 0.647. The molecule has 2 heteroatoms. The summed E-state index contributed by atoms with van der Waals surface area (Å²) in [5.74, 6) is 0.700. The van der Waals surface area contributed by atoms with Crippen LogP contribution in [0.25, 0.3) is 0 Å². The quantitative estimate of drug-likeness (QED) is 0.590. The maximum atomic E-state index is 6.25. The van der Waals surface area contributed by atoms with E-state index in [4.69, 9.17) is 11.6 Å². The SMILES string of the molecule is CCCCCCCC(CNC)Cc1ccccc1Cl. The second-order valence-electron chi connectivity index (χ2n) is 5.42. The van der Waals surface area contributed by atoms with Gasteiger partial charge in [-0.15, -0.1) is 0 Å². The van der Waals surface area contributed by atoms with E-state index >= 15 is 0 Å². The number of hydrogen-bond donors (Lipinski definition) is 1. The van der Waals surface area contributed by atoms with Crippen LogP contribution in [-0.2, 0) is 6.42 Å². The Hall–Kier alpha value is -0.530. The number of rotatable bonds is 10. The molecule has 1 nitrogen and oxygen atoms in total. The predicted octanol–water partition coefficient (Wildman–Crippen LogP) is 5.08. The zero-order valence-electron chi connectivity index (χ0n) is 12.4. The fourth-order valence-electron chi connectivity index (χ4n) is 2.58. The Morgan fingerprint density at radius 2 is 1.84 bits per heavy atom. The molecule has 0 aliphatic rings. The van der Waals surface area contributed by atoms with E-state index in [1.54, 1.807) is 0 Å². The fourth-order valence-corrected chi connectivity index (χ4v) is 2.79. The van der Waals surface area contributed by atoms with Gasteiger partial charge in [0.05, 0.1) is 0 Å². The summed E-state index contributed by atoms with van der Waals surface area (Å²) >= 11 is 6.25. The van der Waals surface area contributed by atoms with E-state index in [1.165, 1.54) is 44.1 Å². The van der Waals surface area contributed by atoms with Crippen LogP contribution in [0.2, 0.25) is 5.02 Å². The standard InChI is InChI=1S/C17H28ClN/c1-3-4-5-6-7-10-15(14-19-2)13-16-11-8-9-12-17(16)18/h8-9,11-12,15,19H,3-7,10,13-14H2,1-2H3. The van der Waals surface area contributed by atoms with Gasteiger partial charge in [-0.1, -0.05) is 68.8 Å². The molecule has 0 aromatic heterocycles. The summed E-state index contributed by atoms with van der Waals surface area (Å²) in [6.45, 7) is 3.35. The minimum Gasteiger partial charge on any atom is -0.319 e. The molecule has 1 N–H and O–H groups in total. The minimum absolute atomic E-state index is 0.700. The molecule has 19 heavy (non-hydrogen) atoms. The molecule has 1 unspecified atom stereocenters. The molecule has 0 amide bonds. The molecule has 0 saturated heterocycles. The van der Waals surface area contributed by atoms with E-state index in [0.717, 1.165) is 18.0 Å². The molecule has 0 bridgehead atoms. The maximum Gasteiger partial charge on any atom is 0.0438 e. The van der Waals surface area contributed by atoms with Gasteiger partial charge in [-0.25, -0.2) is 0 Å². The van der Waals surface area contributed by atoms with Gasteiger partial charge >= 0.3 is 0 Å². The van der Waals surface area contributed by atoms with Crippen LogP contribution in [-0.4, -0.2) is 13.6 Å². The zero-order valence-corrected chi connectivity index (χ0v) is 13.2. The minimum atomic E-state index is 0.700. The van der Waals surface area contributed by atoms with Crippen LogP contribution in [0.5, 0.6) is 0 Å². The predicted molar refractivity (Wildman–Crippen MR) is 85.9 cm³/mol. The van der Waals surface area contributed by atoms with Crippen LogP contribution in [0.3, 0.4) is 0 Å². The van der Waals surface area contributed by atoms with Crippen LogP contribution in [0, 0.1) is 5.92 Å². The first kappa shape index (κ1) is 16.5. The van der Waals surface area contributed by atoms with E-state index in [0.29, 0.717) is 5.92 Å². The molecule has 1 rings (SSSR count). The molecule has 108 valence electrons. The van der Waals surface area contributed by atoms with Gasteiger partial charge in [0.15, 0.2) is 0 Å². The van der Waals surface area contributed by atoms with Crippen LogP contribution in [0.15, 0.2) is 24.3 Å². The van der Waals surface area contributed by atoms with Crippen LogP contribution in [0.1, 0.15) is 51.0 Å². The Morgan fingerprint density at radius 1 is 1.11 bits per heavy atom. The molecule has 1 aromatic carbocycles. The highest BCUT2D eigenvalue weighted by molar-refractivity contribution is 6.31. The Kier molecular flexibility index (Phi) is 8.94. The van der Waals surface area contributed by atoms with Gasteiger partial charge in [0.1, 0.15) is 0 Å². The van der Waals surface area contributed by atoms with E-state index in [9.17, 15) is 0 Å². The monoisotopic (exact) mass is 281 g/mol. The molecular formula is C17H28ClN. The first-order valence-corrected chi connectivity index (χ1v) is 8.03. The van der Waals surface area contributed by atoms with Crippen LogP contribution in [0.4, 0.5) is 0 Å². The number of unbranched alkanes of at least 4 members (excludes halogenated alkanes) is 4. The molecule has 0 radical (unpaired) electrons. The molecule has 0 fully saturated rings. The van der Waals surface area contributed by atoms with Crippen molar-refractivity contribution in [2.75, 3.05) is 13.6 Å². The number of halogens is 1. The van der Waals surface area contributed by atoms with Crippen LogP contribution < -0.4 is 5.32 Å². The summed E-state index contributed by atoms with van der Waals surface area (Å²) in [6, 6.07) is 8.24.